The predicted molar refractivity (Wildman–Crippen MR) is 99.2 cm³/mol. The molecule has 3 aromatic rings. The van der Waals surface area contributed by atoms with E-state index in [-0.39, 0.29) is 5.78 Å². The molecule has 2 aromatic carbocycles. The average Bonchev–Trinajstić information content (AvgIpc) is 2.62. The molecule has 25 heavy (non-hydrogen) atoms. The zero-order valence-electron chi connectivity index (χ0n) is 14.5. The first-order chi connectivity index (χ1) is 12.0. The molecule has 128 valence electrons. The van der Waals surface area contributed by atoms with Crippen molar-refractivity contribution in [2.45, 2.75) is 13.8 Å². The van der Waals surface area contributed by atoms with Crippen molar-refractivity contribution < 1.29 is 14.3 Å². The predicted octanol–water partition coefficient (Wildman–Crippen LogP) is 4.75. The summed E-state index contributed by atoms with van der Waals surface area (Å²) in [6.45, 7) is 3.98. The lowest BCUT2D eigenvalue weighted by Gasteiger charge is -2.12. The summed E-state index contributed by atoms with van der Waals surface area (Å²) in [4.78, 5) is 17.2. The maximum absolute atomic E-state index is 12.9. The van der Waals surface area contributed by atoms with E-state index in [2.05, 4.69) is 4.98 Å². The second kappa shape index (κ2) is 6.73. The van der Waals surface area contributed by atoms with Gasteiger partial charge in [-0.25, -0.2) is 0 Å². The number of pyridine rings is 1. The Labute approximate surface area is 151 Å². The van der Waals surface area contributed by atoms with Crippen molar-refractivity contribution in [1.82, 2.24) is 4.98 Å². The van der Waals surface area contributed by atoms with Crippen molar-refractivity contribution in [1.29, 1.82) is 0 Å². The number of fused-ring (bicyclic) bond motifs is 1. The molecule has 0 saturated heterocycles. The standard InChI is InChI=1S/C20H18ClNO3/c1-11-5-6-13(7-12(11)2)20(23)15-10-22-16-9-18(25-4)17(24-3)8-14(16)19(15)21/h5-10H,1-4H3. The van der Waals surface area contributed by atoms with Crippen molar-refractivity contribution in [2.24, 2.45) is 0 Å². The molecule has 1 heterocycles. The molecule has 1 aromatic heterocycles. The number of aryl methyl sites for hydroxylation is 2. The average molecular weight is 356 g/mol. The van der Waals surface area contributed by atoms with Crippen LogP contribution in [0.5, 0.6) is 11.5 Å². The number of nitrogens with zero attached hydrogens (tertiary/aromatic N) is 1. The largest absolute Gasteiger partial charge is 0.493 e. The Hall–Kier alpha value is -2.59. The van der Waals surface area contributed by atoms with Crippen LogP contribution in [0.2, 0.25) is 5.02 Å². The minimum Gasteiger partial charge on any atom is -0.493 e. The third kappa shape index (κ3) is 3.05. The Morgan fingerprint density at radius 2 is 1.68 bits per heavy atom. The van der Waals surface area contributed by atoms with E-state index in [1.54, 1.807) is 32.4 Å². The van der Waals surface area contributed by atoms with E-state index in [1.807, 2.05) is 26.0 Å². The molecule has 0 amide bonds. The van der Waals surface area contributed by atoms with Crippen LogP contribution in [0.3, 0.4) is 0 Å². The number of carbonyl (C=O) groups is 1. The van der Waals surface area contributed by atoms with Crippen LogP contribution in [0.4, 0.5) is 0 Å². The lowest BCUT2D eigenvalue weighted by molar-refractivity contribution is 0.103. The molecule has 0 aliphatic rings. The molecule has 0 unspecified atom stereocenters. The number of rotatable bonds is 4. The molecular formula is C20H18ClNO3. The van der Waals surface area contributed by atoms with Crippen LogP contribution in [0, 0.1) is 13.8 Å². The maximum atomic E-state index is 12.9. The molecule has 0 N–H and O–H groups in total. The molecule has 0 aliphatic carbocycles. The number of halogens is 1. The molecule has 0 bridgehead atoms. The Balaban J connectivity index is 2.15. The number of hydrogen-bond acceptors (Lipinski definition) is 4. The van der Waals surface area contributed by atoms with Crippen molar-refractivity contribution in [3.05, 3.63) is 63.8 Å². The second-order valence-corrected chi connectivity index (χ2v) is 6.22. The smallest absolute Gasteiger partial charge is 0.196 e. The van der Waals surface area contributed by atoms with Crippen molar-refractivity contribution in [2.75, 3.05) is 14.2 Å². The number of aromatic nitrogens is 1. The fourth-order valence-electron chi connectivity index (χ4n) is 2.68. The molecule has 0 spiro atoms. The monoisotopic (exact) mass is 355 g/mol. The minimum absolute atomic E-state index is 0.155. The van der Waals surface area contributed by atoms with E-state index in [1.165, 1.54) is 6.20 Å². The van der Waals surface area contributed by atoms with E-state index in [4.69, 9.17) is 21.1 Å². The van der Waals surface area contributed by atoms with Crippen molar-refractivity contribution in [3.8, 4) is 11.5 Å². The third-order valence-corrected chi connectivity index (χ3v) is 4.73. The van der Waals surface area contributed by atoms with Gasteiger partial charge in [-0.2, -0.15) is 0 Å². The highest BCUT2D eigenvalue weighted by Gasteiger charge is 2.18. The van der Waals surface area contributed by atoms with Gasteiger partial charge in [0, 0.05) is 23.2 Å². The van der Waals surface area contributed by atoms with E-state index < -0.39 is 0 Å². The minimum atomic E-state index is -0.155. The van der Waals surface area contributed by atoms with Gasteiger partial charge in [0.25, 0.3) is 0 Å². The van der Waals surface area contributed by atoms with E-state index in [0.29, 0.717) is 38.6 Å². The highest BCUT2D eigenvalue weighted by molar-refractivity contribution is 6.39. The summed E-state index contributed by atoms with van der Waals surface area (Å²) in [7, 11) is 3.11. The Kier molecular flexibility index (Phi) is 4.64. The summed E-state index contributed by atoms with van der Waals surface area (Å²) >= 11 is 6.52. The van der Waals surface area contributed by atoms with Gasteiger partial charge in [0.05, 0.1) is 30.3 Å². The first-order valence-corrected chi connectivity index (χ1v) is 8.16. The van der Waals surface area contributed by atoms with Gasteiger partial charge in [-0.1, -0.05) is 23.7 Å². The first-order valence-electron chi connectivity index (χ1n) is 7.78. The lowest BCUT2D eigenvalue weighted by Crippen LogP contribution is -2.04. The normalized spacial score (nSPS) is 10.8. The van der Waals surface area contributed by atoms with Crippen LogP contribution in [0.25, 0.3) is 10.9 Å². The third-order valence-electron chi connectivity index (χ3n) is 4.32. The lowest BCUT2D eigenvalue weighted by atomic mass is 9.99. The Morgan fingerprint density at radius 3 is 2.32 bits per heavy atom. The van der Waals surface area contributed by atoms with Crippen molar-refractivity contribution in [3.63, 3.8) is 0 Å². The van der Waals surface area contributed by atoms with Gasteiger partial charge in [-0.15, -0.1) is 0 Å². The van der Waals surface area contributed by atoms with E-state index in [0.717, 1.165) is 11.1 Å². The highest BCUT2D eigenvalue weighted by atomic mass is 35.5. The van der Waals surface area contributed by atoms with E-state index >= 15 is 0 Å². The number of ketones is 1. The topological polar surface area (TPSA) is 48.4 Å². The van der Waals surface area contributed by atoms with Gasteiger partial charge in [-0.05, 0) is 37.1 Å². The Morgan fingerprint density at radius 1 is 1.00 bits per heavy atom. The molecule has 0 aliphatic heterocycles. The Bertz CT molecular complexity index is 982. The SMILES string of the molecule is COc1cc2ncc(C(=O)c3ccc(C)c(C)c3)c(Cl)c2cc1OC. The summed E-state index contributed by atoms with van der Waals surface area (Å²) in [5, 5.41) is 1.00. The van der Waals surface area contributed by atoms with Gasteiger partial charge in [0.15, 0.2) is 17.3 Å². The first kappa shape index (κ1) is 17.2. The number of ether oxygens (including phenoxy) is 2. The molecule has 0 fully saturated rings. The van der Waals surface area contributed by atoms with Gasteiger partial charge >= 0.3 is 0 Å². The molecule has 4 nitrogen and oxygen atoms in total. The number of methoxy groups -OCH3 is 2. The maximum Gasteiger partial charge on any atom is 0.196 e. The van der Waals surface area contributed by atoms with Crippen molar-refractivity contribution >= 4 is 28.3 Å². The zero-order valence-corrected chi connectivity index (χ0v) is 15.3. The van der Waals surface area contributed by atoms with Crippen LogP contribution < -0.4 is 9.47 Å². The molecule has 0 atom stereocenters. The fraction of sp³-hybridized carbons (Fsp3) is 0.200. The molecule has 3 rings (SSSR count). The highest BCUT2D eigenvalue weighted by Crippen LogP contribution is 2.36. The molecule has 0 radical (unpaired) electrons. The van der Waals surface area contributed by atoms with Gasteiger partial charge in [0.1, 0.15) is 0 Å². The van der Waals surface area contributed by atoms with Gasteiger partial charge in [0.2, 0.25) is 0 Å². The van der Waals surface area contributed by atoms with Crippen LogP contribution in [-0.4, -0.2) is 25.0 Å². The van der Waals surface area contributed by atoms with Crippen LogP contribution in [-0.2, 0) is 0 Å². The number of carbonyl (C=O) groups excluding carboxylic acids is 1. The van der Waals surface area contributed by atoms with Crippen LogP contribution in [0.1, 0.15) is 27.0 Å². The molecule has 0 saturated carbocycles. The fourth-order valence-corrected chi connectivity index (χ4v) is 2.97. The number of benzene rings is 2. The summed E-state index contributed by atoms with van der Waals surface area (Å²) in [6, 6.07) is 9.08. The zero-order chi connectivity index (χ0) is 18.1. The van der Waals surface area contributed by atoms with Crippen LogP contribution in [0.15, 0.2) is 36.5 Å². The summed E-state index contributed by atoms with van der Waals surface area (Å²) in [6.07, 6.45) is 1.51. The molecular weight excluding hydrogens is 338 g/mol. The number of hydrogen-bond donors (Lipinski definition) is 0. The quantitative estimate of drug-likeness (QED) is 0.633. The van der Waals surface area contributed by atoms with Gasteiger partial charge < -0.3 is 9.47 Å². The van der Waals surface area contributed by atoms with Gasteiger partial charge in [-0.3, -0.25) is 9.78 Å². The molecule has 5 heteroatoms. The van der Waals surface area contributed by atoms with E-state index in [9.17, 15) is 4.79 Å². The second-order valence-electron chi connectivity index (χ2n) is 5.84. The summed E-state index contributed by atoms with van der Waals surface area (Å²) in [5.41, 5.74) is 3.79. The summed E-state index contributed by atoms with van der Waals surface area (Å²) in [5.74, 6) is 0.943. The van der Waals surface area contributed by atoms with Crippen LogP contribution >= 0.6 is 11.6 Å². The summed E-state index contributed by atoms with van der Waals surface area (Å²) < 4.78 is 10.6.